The molecule has 7 nitrogen and oxygen atoms in total. The average Bonchev–Trinajstić information content (AvgIpc) is 3.47. The van der Waals surface area contributed by atoms with Crippen LogP contribution in [0.4, 0.5) is 5.69 Å². The van der Waals surface area contributed by atoms with E-state index in [1.165, 1.54) is 0 Å². The molecule has 3 N–H and O–H groups in total. The van der Waals surface area contributed by atoms with Crippen molar-refractivity contribution in [2.75, 3.05) is 11.9 Å². The predicted molar refractivity (Wildman–Crippen MR) is 102 cm³/mol. The topological polar surface area (TPSA) is 95.1 Å². The second-order valence-electron chi connectivity index (χ2n) is 7.23. The Hall–Kier alpha value is -3.09. The molecule has 1 saturated carbocycles. The fraction of sp³-hybridized carbons (Fsp3) is 0.350. The van der Waals surface area contributed by atoms with Crippen molar-refractivity contribution in [3.8, 4) is 17.1 Å². The van der Waals surface area contributed by atoms with E-state index in [0.29, 0.717) is 12.5 Å². The number of ether oxygens (including phenoxy) is 1. The summed E-state index contributed by atoms with van der Waals surface area (Å²) in [5.74, 6) is 1.71. The highest BCUT2D eigenvalue weighted by Gasteiger charge is 2.35. The number of rotatable bonds is 5. The number of carbonyl (C=O) groups is 1. The standard InChI is InChI=1S/C20H21N5O2/c21-19(26)17(12-2-3-12)23-14-10-15-18-16(11-14)27-9-1-8-25(18)20(24-15)13-4-6-22-7-5-13/h4-7,10-12,17,23H,1-3,8-9H2,(H2,21,26)/t17-/m0/s1. The van der Waals surface area contributed by atoms with Gasteiger partial charge in [0.15, 0.2) is 0 Å². The molecule has 0 unspecified atom stereocenters. The van der Waals surface area contributed by atoms with E-state index < -0.39 is 0 Å². The Morgan fingerprint density at radius 1 is 1.30 bits per heavy atom. The number of nitrogens with two attached hydrogens (primary N) is 1. The number of imidazole rings is 1. The van der Waals surface area contributed by atoms with Crippen molar-refractivity contribution in [1.82, 2.24) is 14.5 Å². The van der Waals surface area contributed by atoms with Crippen molar-refractivity contribution in [1.29, 1.82) is 0 Å². The van der Waals surface area contributed by atoms with E-state index in [-0.39, 0.29) is 11.9 Å². The SMILES string of the molecule is NC(=O)[C@@H](Nc1cc2c3c(c1)nc(-c1ccncc1)n3CCCO2)C1CC1. The summed E-state index contributed by atoms with van der Waals surface area (Å²) < 4.78 is 8.21. The van der Waals surface area contributed by atoms with E-state index in [0.717, 1.165) is 59.7 Å². The van der Waals surface area contributed by atoms with Crippen LogP contribution in [0.5, 0.6) is 5.75 Å². The molecule has 7 heteroatoms. The maximum Gasteiger partial charge on any atom is 0.240 e. The molecule has 1 atom stereocenters. The molecule has 0 bridgehead atoms. The zero-order valence-corrected chi connectivity index (χ0v) is 14.9. The number of benzene rings is 1. The Balaban J connectivity index is 1.62. The van der Waals surface area contributed by atoms with Crippen LogP contribution >= 0.6 is 0 Å². The number of carbonyl (C=O) groups excluding carboxylic acids is 1. The minimum absolute atomic E-state index is 0.313. The Morgan fingerprint density at radius 2 is 2.11 bits per heavy atom. The molecule has 5 rings (SSSR count). The number of nitrogens with zero attached hydrogens (tertiary/aromatic N) is 3. The van der Waals surface area contributed by atoms with E-state index in [9.17, 15) is 4.79 Å². The molecule has 1 aliphatic carbocycles. The Bertz CT molecular complexity index is 1010. The van der Waals surface area contributed by atoms with Gasteiger partial charge >= 0.3 is 0 Å². The number of anilines is 1. The van der Waals surface area contributed by atoms with Gasteiger partial charge in [0.2, 0.25) is 5.91 Å². The number of aryl methyl sites for hydroxylation is 1. The lowest BCUT2D eigenvalue weighted by molar-refractivity contribution is -0.119. The first-order valence-electron chi connectivity index (χ1n) is 9.34. The zero-order chi connectivity index (χ0) is 18.4. The van der Waals surface area contributed by atoms with Gasteiger partial charge in [-0.3, -0.25) is 9.78 Å². The van der Waals surface area contributed by atoms with Crippen LogP contribution in [0, 0.1) is 5.92 Å². The fourth-order valence-electron chi connectivity index (χ4n) is 3.80. The maximum absolute atomic E-state index is 11.8. The predicted octanol–water partition coefficient (Wildman–Crippen LogP) is 2.56. The quantitative estimate of drug-likeness (QED) is 0.726. The van der Waals surface area contributed by atoms with Gasteiger partial charge in [-0.2, -0.15) is 0 Å². The third-order valence-electron chi connectivity index (χ3n) is 5.25. The molecule has 1 fully saturated rings. The van der Waals surface area contributed by atoms with Crippen LogP contribution in [0.1, 0.15) is 19.3 Å². The molecule has 138 valence electrons. The van der Waals surface area contributed by atoms with Gasteiger partial charge in [0, 0.05) is 36.3 Å². The first-order chi connectivity index (χ1) is 13.2. The summed E-state index contributed by atoms with van der Waals surface area (Å²) in [6, 6.07) is 7.52. The van der Waals surface area contributed by atoms with Gasteiger partial charge in [-0.05, 0) is 43.4 Å². The van der Waals surface area contributed by atoms with Crippen LogP contribution in [-0.2, 0) is 11.3 Å². The fourth-order valence-corrected chi connectivity index (χ4v) is 3.80. The summed E-state index contributed by atoms with van der Waals surface area (Å²) in [4.78, 5) is 20.8. The van der Waals surface area contributed by atoms with Gasteiger partial charge in [0.25, 0.3) is 0 Å². The van der Waals surface area contributed by atoms with Crippen molar-refractivity contribution in [2.45, 2.75) is 31.8 Å². The van der Waals surface area contributed by atoms with E-state index in [2.05, 4.69) is 14.9 Å². The van der Waals surface area contributed by atoms with Crippen molar-refractivity contribution >= 4 is 22.6 Å². The summed E-state index contributed by atoms with van der Waals surface area (Å²) in [5.41, 5.74) is 9.28. The molecular weight excluding hydrogens is 342 g/mol. The second kappa shape index (κ2) is 6.26. The zero-order valence-electron chi connectivity index (χ0n) is 14.9. The molecular formula is C20H21N5O2. The highest BCUT2D eigenvalue weighted by Crippen LogP contribution is 2.38. The second-order valence-corrected chi connectivity index (χ2v) is 7.23. The molecule has 27 heavy (non-hydrogen) atoms. The molecule has 1 amide bonds. The number of aromatic nitrogens is 3. The van der Waals surface area contributed by atoms with E-state index in [4.69, 9.17) is 15.5 Å². The molecule has 0 radical (unpaired) electrons. The summed E-state index contributed by atoms with van der Waals surface area (Å²) >= 11 is 0. The number of hydrogen-bond donors (Lipinski definition) is 2. The summed E-state index contributed by atoms with van der Waals surface area (Å²) in [7, 11) is 0. The third kappa shape index (κ3) is 2.89. The first-order valence-corrected chi connectivity index (χ1v) is 9.34. The van der Waals surface area contributed by atoms with Crippen molar-refractivity contribution in [3.05, 3.63) is 36.7 Å². The van der Waals surface area contributed by atoms with Crippen LogP contribution < -0.4 is 15.8 Å². The van der Waals surface area contributed by atoms with Gasteiger partial charge in [-0.15, -0.1) is 0 Å². The van der Waals surface area contributed by atoms with Gasteiger partial charge in [0.1, 0.15) is 23.1 Å². The van der Waals surface area contributed by atoms with Crippen molar-refractivity contribution in [2.24, 2.45) is 11.7 Å². The Kier molecular flexibility index (Phi) is 3.74. The van der Waals surface area contributed by atoms with E-state index in [1.54, 1.807) is 12.4 Å². The van der Waals surface area contributed by atoms with Crippen LogP contribution in [-0.4, -0.2) is 33.1 Å². The molecule has 2 aromatic heterocycles. The minimum atomic E-state index is -0.345. The highest BCUT2D eigenvalue weighted by atomic mass is 16.5. The first kappa shape index (κ1) is 16.1. The van der Waals surface area contributed by atoms with Crippen LogP contribution in [0.2, 0.25) is 0 Å². The monoisotopic (exact) mass is 363 g/mol. The number of hydrogen-bond acceptors (Lipinski definition) is 5. The minimum Gasteiger partial charge on any atom is -0.491 e. The Labute approximate surface area is 156 Å². The smallest absolute Gasteiger partial charge is 0.240 e. The molecule has 3 aromatic rings. The molecule has 3 heterocycles. The average molecular weight is 363 g/mol. The lowest BCUT2D eigenvalue weighted by atomic mass is 10.1. The molecule has 1 aliphatic heterocycles. The normalized spacial score (nSPS) is 17.2. The molecule has 0 saturated heterocycles. The number of pyridine rings is 1. The number of nitrogens with one attached hydrogen (secondary N) is 1. The van der Waals surface area contributed by atoms with Crippen molar-refractivity contribution in [3.63, 3.8) is 0 Å². The van der Waals surface area contributed by atoms with Crippen LogP contribution in [0.3, 0.4) is 0 Å². The molecule has 1 aromatic carbocycles. The summed E-state index contributed by atoms with van der Waals surface area (Å²) in [6.45, 7) is 1.50. The third-order valence-corrected chi connectivity index (χ3v) is 5.25. The molecule has 2 aliphatic rings. The Morgan fingerprint density at radius 3 is 2.85 bits per heavy atom. The van der Waals surface area contributed by atoms with Gasteiger partial charge in [0.05, 0.1) is 12.1 Å². The van der Waals surface area contributed by atoms with Gasteiger partial charge < -0.3 is 20.4 Å². The number of amides is 1. The van der Waals surface area contributed by atoms with Crippen molar-refractivity contribution < 1.29 is 9.53 Å². The van der Waals surface area contributed by atoms with Crippen LogP contribution in [0.25, 0.3) is 22.4 Å². The lowest BCUT2D eigenvalue weighted by Gasteiger charge is -2.17. The van der Waals surface area contributed by atoms with Crippen LogP contribution in [0.15, 0.2) is 36.7 Å². The maximum atomic E-state index is 11.8. The highest BCUT2D eigenvalue weighted by molar-refractivity contribution is 5.91. The van der Waals surface area contributed by atoms with E-state index >= 15 is 0 Å². The lowest BCUT2D eigenvalue weighted by Crippen LogP contribution is -2.37. The van der Waals surface area contributed by atoms with Gasteiger partial charge in [-0.1, -0.05) is 0 Å². The summed E-state index contributed by atoms with van der Waals surface area (Å²) in [5, 5.41) is 3.31. The van der Waals surface area contributed by atoms with E-state index in [1.807, 2.05) is 24.3 Å². The van der Waals surface area contributed by atoms with Gasteiger partial charge in [-0.25, -0.2) is 4.98 Å². The summed E-state index contributed by atoms with van der Waals surface area (Å²) in [6.07, 6.45) is 6.53. The molecule has 0 spiro atoms. The number of primary amides is 1. The largest absolute Gasteiger partial charge is 0.491 e.